The summed E-state index contributed by atoms with van der Waals surface area (Å²) in [5, 5.41) is 17.7. The molecular formula is C10H22O3Si. The van der Waals surface area contributed by atoms with Crippen LogP contribution >= 0.6 is 0 Å². The summed E-state index contributed by atoms with van der Waals surface area (Å²) in [5.41, 5.74) is 0.426. The van der Waals surface area contributed by atoms with Crippen LogP contribution in [0.2, 0.25) is 19.1 Å². The molecule has 0 aliphatic carbocycles. The lowest BCUT2D eigenvalue weighted by Gasteiger charge is -2.35. The summed E-state index contributed by atoms with van der Waals surface area (Å²) in [5.74, 6) is 0. The minimum absolute atomic E-state index is 0.426. The summed E-state index contributed by atoms with van der Waals surface area (Å²) in [4.78, 5) is 0. The average Bonchev–Trinajstić information content (AvgIpc) is 2.16. The van der Waals surface area contributed by atoms with E-state index in [1.165, 1.54) is 19.3 Å². The second-order valence-corrected chi connectivity index (χ2v) is 9.98. The molecule has 0 saturated carbocycles. The minimum atomic E-state index is -1.41. The molecule has 1 rings (SSSR count). The van der Waals surface area contributed by atoms with Gasteiger partial charge in [-0.2, -0.15) is 0 Å². The van der Waals surface area contributed by atoms with E-state index in [4.69, 9.17) is 14.9 Å². The number of rotatable bonds is 4. The van der Waals surface area contributed by atoms with Crippen LogP contribution in [-0.2, 0) is 4.74 Å². The molecule has 2 N–H and O–H groups in total. The molecule has 0 amide bonds. The summed E-state index contributed by atoms with van der Waals surface area (Å²) in [6.07, 6.45) is 2.97. The summed E-state index contributed by atoms with van der Waals surface area (Å²) in [6.45, 7) is 5.46. The van der Waals surface area contributed by atoms with Crippen molar-refractivity contribution in [2.24, 2.45) is 0 Å². The molecule has 84 valence electrons. The van der Waals surface area contributed by atoms with Crippen LogP contribution in [0.5, 0.6) is 0 Å². The van der Waals surface area contributed by atoms with E-state index >= 15 is 0 Å². The molecule has 0 radical (unpaired) electrons. The Morgan fingerprint density at radius 1 is 1.36 bits per heavy atom. The van der Waals surface area contributed by atoms with Gasteiger partial charge in [0.1, 0.15) is 0 Å². The van der Waals surface area contributed by atoms with E-state index in [0.717, 1.165) is 12.7 Å². The fraction of sp³-hybridized carbons (Fsp3) is 1.00. The quantitative estimate of drug-likeness (QED) is 0.555. The van der Waals surface area contributed by atoms with Crippen molar-refractivity contribution in [3.05, 3.63) is 0 Å². The first-order valence-electron chi connectivity index (χ1n) is 5.50. The standard InChI is InChI=1S/C10H22O3Si/c1-14(2,8-6-9(11)12)10-5-3-4-7-13-10/h9-12H,3-8H2,1-2H3. The molecule has 0 bridgehead atoms. The second kappa shape index (κ2) is 5.26. The summed E-state index contributed by atoms with van der Waals surface area (Å²) in [6, 6.07) is 0.940. The van der Waals surface area contributed by atoms with Gasteiger partial charge in [-0.3, -0.25) is 0 Å². The van der Waals surface area contributed by atoms with Crippen LogP contribution in [0.15, 0.2) is 0 Å². The summed E-state index contributed by atoms with van der Waals surface area (Å²) >= 11 is 0. The Morgan fingerprint density at radius 3 is 2.57 bits per heavy atom. The second-order valence-electron chi connectivity index (χ2n) is 4.86. The Kier molecular flexibility index (Phi) is 4.57. The topological polar surface area (TPSA) is 49.7 Å². The zero-order chi connectivity index (χ0) is 10.6. The van der Waals surface area contributed by atoms with E-state index < -0.39 is 14.4 Å². The fourth-order valence-corrected chi connectivity index (χ4v) is 4.90. The fourth-order valence-electron chi connectivity index (χ4n) is 2.02. The van der Waals surface area contributed by atoms with Crippen LogP contribution in [0.25, 0.3) is 0 Å². The van der Waals surface area contributed by atoms with E-state index in [9.17, 15) is 0 Å². The molecule has 0 aromatic rings. The molecule has 1 aliphatic rings. The highest BCUT2D eigenvalue weighted by Crippen LogP contribution is 2.26. The maximum absolute atomic E-state index is 8.85. The van der Waals surface area contributed by atoms with Gasteiger partial charge in [0.15, 0.2) is 6.29 Å². The Balaban J connectivity index is 2.37. The molecule has 1 aliphatic heterocycles. The zero-order valence-electron chi connectivity index (χ0n) is 9.20. The molecule has 1 fully saturated rings. The van der Waals surface area contributed by atoms with Crippen LogP contribution in [0.4, 0.5) is 0 Å². The van der Waals surface area contributed by atoms with Gasteiger partial charge in [0.2, 0.25) is 0 Å². The molecule has 14 heavy (non-hydrogen) atoms. The summed E-state index contributed by atoms with van der Waals surface area (Å²) in [7, 11) is -1.41. The molecule has 0 spiro atoms. The molecule has 4 heteroatoms. The molecule has 1 atom stereocenters. The lowest BCUT2D eigenvalue weighted by molar-refractivity contribution is -0.0420. The van der Waals surface area contributed by atoms with Crippen molar-refractivity contribution < 1.29 is 14.9 Å². The normalized spacial score (nSPS) is 24.2. The number of aliphatic hydroxyl groups excluding tert-OH is 1. The first kappa shape index (κ1) is 12.2. The van der Waals surface area contributed by atoms with Crippen molar-refractivity contribution in [3.63, 3.8) is 0 Å². The third-order valence-electron chi connectivity index (χ3n) is 3.10. The minimum Gasteiger partial charge on any atom is -0.382 e. The van der Waals surface area contributed by atoms with Crippen molar-refractivity contribution in [1.82, 2.24) is 0 Å². The van der Waals surface area contributed by atoms with E-state index in [1.807, 2.05) is 0 Å². The zero-order valence-corrected chi connectivity index (χ0v) is 10.2. The van der Waals surface area contributed by atoms with Gasteiger partial charge in [-0.15, -0.1) is 0 Å². The predicted octanol–water partition coefficient (Wildman–Crippen LogP) is 1.50. The Labute approximate surface area is 87.1 Å². The molecule has 0 aromatic heterocycles. The first-order chi connectivity index (χ1) is 6.52. The number of hydrogen-bond acceptors (Lipinski definition) is 3. The van der Waals surface area contributed by atoms with Gasteiger partial charge in [0.25, 0.3) is 0 Å². The highest BCUT2D eigenvalue weighted by Gasteiger charge is 2.33. The van der Waals surface area contributed by atoms with Crippen molar-refractivity contribution in [2.45, 2.75) is 56.8 Å². The van der Waals surface area contributed by atoms with Crippen LogP contribution in [-0.4, -0.2) is 36.9 Å². The maximum atomic E-state index is 8.85. The molecule has 1 unspecified atom stereocenters. The molecular weight excluding hydrogens is 196 g/mol. The highest BCUT2D eigenvalue weighted by molar-refractivity contribution is 6.78. The van der Waals surface area contributed by atoms with Crippen LogP contribution < -0.4 is 0 Å². The lowest BCUT2D eigenvalue weighted by atomic mass is 10.2. The number of hydrogen-bond donors (Lipinski definition) is 2. The molecule has 1 heterocycles. The van der Waals surface area contributed by atoms with E-state index in [2.05, 4.69) is 13.1 Å². The molecule has 0 aromatic carbocycles. The predicted molar refractivity (Wildman–Crippen MR) is 58.7 cm³/mol. The van der Waals surface area contributed by atoms with Gasteiger partial charge in [0, 0.05) is 12.3 Å². The summed E-state index contributed by atoms with van der Waals surface area (Å²) < 4.78 is 5.77. The largest absolute Gasteiger partial charge is 0.382 e. The van der Waals surface area contributed by atoms with Gasteiger partial charge in [0.05, 0.1) is 8.07 Å². The SMILES string of the molecule is C[Si](C)(CCC(O)O)C1CCCCO1. The lowest BCUT2D eigenvalue weighted by Crippen LogP contribution is -2.45. The van der Waals surface area contributed by atoms with Gasteiger partial charge in [-0.05, 0) is 25.7 Å². The number of ether oxygens (including phenoxy) is 1. The van der Waals surface area contributed by atoms with Gasteiger partial charge >= 0.3 is 0 Å². The Bertz CT molecular complexity index is 165. The van der Waals surface area contributed by atoms with Crippen molar-refractivity contribution in [3.8, 4) is 0 Å². The van der Waals surface area contributed by atoms with E-state index in [-0.39, 0.29) is 0 Å². The van der Waals surface area contributed by atoms with Crippen molar-refractivity contribution in [1.29, 1.82) is 0 Å². The molecule has 3 nitrogen and oxygen atoms in total. The maximum Gasteiger partial charge on any atom is 0.151 e. The number of aliphatic hydroxyl groups is 2. The Morgan fingerprint density at radius 2 is 2.07 bits per heavy atom. The van der Waals surface area contributed by atoms with Crippen molar-refractivity contribution >= 4 is 8.07 Å². The smallest absolute Gasteiger partial charge is 0.151 e. The third kappa shape index (κ3) is 3.69. The molecule has 1 saturated heterocycles. The third-order valence-corrected chi connectivity index (χ3v) is 6.87. The van der Waals surface area contributed by atoms with E-state index in [0.29, 0.717) is 12.1 Å². The first-order valence-corrected chi connectivity index (χ1v) is 8.78. The monoisotopic (exact) mass is 218 g/mol. The van der Waals surface area contributed by atoms with Gasteiger partial charge in [-0.25, -0.2) is 0 Å². The average molecular weight is 218 g/mol. The van der Waals surface area contributed by atoms with Crippen LogP contribution in [0.3, 0.4) is 0 Å². The van der Waals surface area contributed by atoms with Gasteiger partial charge in [-0.1, -0.05) is 19.1 Å². The van der Waals surface area contributed by atoms with Crippen LogP contribution in [0.1, 0.15) is 25.7 Å². The highest BCUT2D eigenvalue weighted by atomic mass is 28.3. The van der Waals surface area contributed by atoms with Crippen LogP contribution in [0, 0.1) is 0 Å². The van der Waals surface area contributed by atoms with Gasteiger partial charge < -0.3 is 14.9 Å². The van der Waals surface area contributed by atoms with E-state index in [1.54, 1.807) is 0 Å². The van der Waals surface area contributed by atoms with Crippen molar-refractivity contribution in [2.75, 3.05) is 6.61 Å². The Hall–Kier alpha value is 0.0969.